The van der Waals surface area contributed by atoms with Crippen LogP contribution < -0.4 is 4.90 Å². The number of aliphatic hydroxyl groups excluding tert-OH is 1. The van der Waals surface area contributed by atoms with Gasteiger partial charge in [-0.25, -0.2) is 0 Å². The van der Waals surface area contributed by atoms with Crippen molar-refractivity contribution in [2.45, 2.75) is 13.5 Å². The number of halogens is 1. The fourth-order valence-corrected chi connectivity index (χ4v) is 1.89. The Balaban J connectivity index is 3.13. The summed E-state index contributed by atoms with van der Waals surface area (Å²) in [6, 6.07) is 5.56. The Morgan fingerprint density at radius 3 is 2.80 bits per heavy atom. The summed E-state index contributed by atoms with van der Waals surface area (Å²) in [6.45, 7) is 7.33. The lowest BCUT2D eigenvalue weighted by Gasteiger charge is -2.25. The quantitative estimate of drug-likeness (QED) is 0.779. The van der Waals surface area contributed by atoms with E-state index in [9.17, 15) is 5.11 Å². The normalized spacial score (nSPS) is 10.1. The number of hydrogen-bond donors (Lipinski definition) is 1. The van der Waals surface area contributed by atoms with E-state index < -0.39 is 0 Å². The summed E-state index contributed by atoms with van der Waals surface area (Å²) in [5.41, 5.74) is 1.76. The highest BCUT2D eigenvalue weighted by molar-refractivity contribution is 6.33. The minimum atomic E-state index is 0.00351. The summed E-state index contributed by atoms with van der Waals surface area (Å²) in [5, 5.41) is 9.92. The molecule has 0 bridgehead atoms. The molecule has 0 aliphatic carbocycles. The third-order valence-corrected chi connectivity index (χ3v) is 2.59. The Morgan fingerprint density at radius 2 is 2.27 bits per heavy atom. The van der Waals surface area contributed by atoms with E-state index in [0.29, 0.717) is 5.02 Å². The standard InChI is InChI=1S/C12H16ClNO/c1-3-8-14(4-2)12-10(9-15)6-5-7-11(12)13/h3,5-7,15H,1,4,8-9H2,2H3. The van der Waals surface area contributed by atoms with Gasteiger partial charge in [-0.05, 0) is 13.0 Å². The van der Waals surface area contributed by atoms with Gasteiger partial charge >= 0.3 is 0 Å². The first-order valence-electron chi connectivity index (χ1n) is 4.98. The number of hydrogen-bond acceptors (Lipinski definition) is 2. The van der Waals surface area contributed by atoms with Crippen molar-refractivity contribution in [2.24, 2.45) is 0 Å². The van der Waals surface area contributed by atoms with E-state index in [2.05, 4.69) is 11.5 Å². The summed E-state index contributed by atoms with van der Waals surface area (Å²) >= 11 is 6.13. The topological polar surface area (TPSA) is 23.5 Å². The molecular formula is C12H16ClNO. The molecule has 0 fully saturated rings. The second-order valence-corrected chi connectivity index (χ2v) is 3.64. The van der Waals surface area contributed by atoms with Crippen molar-refractivity contribution < 1.29 is 5.11 Å². The maximum atomic E-state index is 9.24. The molecule has 3 heteroatoms. The van der Waals surface area contributed by atoms with Gasteiger partial charge in [0.2, 0.25) is 0 Å². The molecule has 0 radical (unpaired) electrons. The summed E-state index contributed by atoms with van der Waals surface area (Å²) in [5.74, 6) is 0. The Kier molecular flexibility index (Phi) is 4.66. The molecule has 0 heterocycles. The third kappa shape index (κ3) is 2.74. The van der Waals surface area contributed by atoms with Crippen molar-refractivity contribution in [1.82, 2.24) is 0 Å². The van der Waals surface area contributed by atoms with Crippen molar-refractivity contribution in [3.05, 3.63) is 41.4 Å². The van der Waals surface area contributed by atoms with Crippen molar-refractivity contribution in [2.75, 3.05) is 18.0 Å². The first kappa shape index (κ1) is 12.1. The largest absolute Gasteiger partial charge is 0.392 e. The zero-order chi connectivity index (χ0) is 11.3. The number of nitrogens with zero attached hydrogens (tertiary/aromatic N) is 1. The van der Waals surface area contributed by atoms with Gasteiger partial charge in [0.05, 0.1) is 17.3 Å². The molecule has 0 saturated heterocycles. The first-order valence-corrected chi connectivity index (χ1v) is 5.36. The van der Waals surface area contributed by atoms with Crippen LogP contribution in [0, 0.1) is 0 Å². The van der Waals surface area contributed by atoms with Gasteiger partial charge in [-0.15, -0.1) is 6.58 Å². The van der Waals surface area contributed by atoms with Gasteiger partial charge in [-0.2, -0.15) is 0 Å². The van der Waals surface area contributed by atoms with Gasteiger partial charge in [0.25, 0.3) is 0 Å². The number of likely N-dealkylation sites (N-methyl/N-ethyl adjacent to an activating group) is 1. The number of benzene rings is 1. The van der Waals surface area contributed by atoms with Crippen molar-refractivity contribution in [3.8, 4) is 0 Å². The Morgan fingerprint density at radius 1 is 1.53 bits per heavy atom. The molecule has 82 valence electrons. The number of para-hydroxylation sites is 1. The Hall–Kier alpha value is -0.990. The van der Waals surface area contributed by atoms with Crippen LogP contribution in [0.3, 0.4) is 0 Å². The van der Waals surface area contributed by atoms with Crippen molar-refractivity contribution >= 4 is 17.3 Å². The molecule has 15 heavy (non-hydrogen) atoms. The summed E-state index contributed by atoms with van der Waals surface area (Å²) in [6.07, 6.45) is 1.83. The van der Waals surface area contributed by atoms with Gasteiger partial charge in [0, 0.05) is 18.7 Å². The molecule has 0 spiro atoms. The summed E-state index contributed by atoms with van der Waals surface area (Å²) in [4.78, 5) is 2.08. The molecule has 0 atom stereocenters. The van der Waals surface area contributed by atoms with E-state index in [4.69, 9.17) is 11.6 Å². The van der Waals surface area contributed by atoms with E-state index in [0.717, 1.165) is 24.3 Å². The van der Waals surface area contributed by atoms with Gasteiger partial charge in [-0.1, -0.05) is 29.8 Å². The molecule has 0 amide bonds. The molecule has 1 N–H and O–H groups in total. The minimum Gasteiger partial charge on any atom is -0.392 e. The molecule has 0 aromatic heterocycles. The smallest absolute Gasteiger partial charge is 0.0702 e. The van der Waals surface area contributed by atoms with Crippen LogP contribution in [0.5, 0.6) is 0 Å². The predicted molar refractivity (Wildman–Crippen MR) is 65.5 cm³/mol. The van der Waals surface area contributed by atoms with Crippen LogP contribution in [-0.4, -0.2) is 18.2 Å². The third-order valence-electron chi connectivity index (χ3n) is 2.29. The molecule has 2 nitrogen and oxygen atoms in total. The fourth-order valence-electron chi connectivity index (χ4n) is 1.58. The van der Waals surface area contributed by atoms with Crippen LogP contribution in [0.15, 0.2) is 30.9 Å². The zero-order valence-corrected chi connectivity index (χ0v) is 9.67. The van der Waals surface area contributed by atoms with Crippen LogP contribution in [0.25, 0.3) is 0 Å². The lowest BCUT2D eigenvalue weighted by molar-refractivity contribution is 0.282. The van der Waals surface area contributed by atoms with Crippen LogP contribution in [-0.2, 0) is 6.61 Å². The molecule has 1 aromatic carbocycles. The average molecular weight is 226 g/mol. The molecular weight excluding hydrogens is 210 g/mol. The van der Waals surface area contributed by atoms with Crippen LogP contribution in [0.1, 0.15) is 12.5 Å². The van der Waals surface area contributed by atoms with E-state index in [1.54, 1.807) is 0 Å². The zero-order valence-electron chi connectivity index (χ0n) is 8.91. The maximum absolute atomic E-state index is 9.24. The molecule has 0 unspecified atom stereocenters. The highest BCUT2D eigenvalue weighted by atomic mass is 35.5. The SMILES string of the molecule is C=CCN(CC)c1c(Cl)cccc1CO. The van der Waals surface area contributed by atoms with E-state index in [-0.39, 0.29) is 6.61 Å². The highest BCUT2D eigenvalue weighted by Crippen LogP contribution is 2.29. The Labute approximate surface area is 95.8 Å². The van der Waals surface area contributed by atoms with Crippen molar-refractivity contribution in [1.29, 1.82) is 0 Å². The van der Waals surface area contributed by atoms with E-state index in [1.165, 1.54) is 0 Å². The summed E-state index contributed by atoms with van der Waals surface area (Å²) < 4.78 is 0. The minimum absolute atomic E-state index is 0.00351. The van der Waals surface area contributed by atoms with Crippen LogP contribution in [0.2, 0.25) is 5.02 Å². The second kappa shape index (κ2) is 5.79. The lowest BCUT2D eigenvalue weighted by atomic mass is 10.1. The van der Waals surface area contributed by atoms with Gasteiger partial charge in [-0.3, -0.25) is 0 Å². The lowest BCUT2D eigenvalue weighted by Crippen LogP contribution is -2.24. The molecule has 1 rings (SSSR count). The number of aliphatic hydroxyl groups is 1. The molecule has 0 saturated carbocycles. The van der Waals surface area contributed by atoms with Crippen LogP contribution >= 0.6 is 11.6 Å². The van der Waals surface area contributed by atoms with Gasteiger partial charge in [0.1, 0.15) is 0 Å². The monoisotopic (exact) mass is 225 g/mol. The molecule has 0 aliphatic rings. The van der Waals surface area contributed by atoms with Gasteiger partial charge < -0.3 is 10.0 Å². The first-order chi connectivity index (χ1) is 7.24. The maximum Gasteiger partial charge on any atom is 0.0702 e. The average Bonchev–Trinajstić information content (AvgIpc) is 2.26. The highest BCUT2D eigenvalue weighted by Gasteiger charge is 2.11. The molecule has 0 aliphatic heterocycles. The van der Waals surface area contributed by atoms with Gasteiger partial charge in [0.15, 0.2) is 0 Å². The van der Waals surface area contributed by atoms with E-state index >= 15 is 0 Å². The summed E-state index contributed by atoms with van der Waals surface area (Å²) in [7, 11) is 0. The Bertz CT molecular complexity index is 338. The van der Waals surface area contributed by atoms with Crippen LogP contribution in [0.4, 0.5) is 5.69 Å². The fraction of sp³-hybridized carbons (Fsp3) is 0.333. The second-order valence-electron chi connectivity index (χ2n) is 3.23. The number of anilines is 1. The van der Waals surface area contributed by atoms with E-state index in [1.807, 2.05) is 31.2 Å². The molecule has 1 aromatic rings. The predicted octanol–water partition coefficient (Wildman–Crippen LogP) is 2.84. The number of rotatable bonds is 5. The van der Waals surface area contributed by atoms with Crippen molar-refractivity contribution in [3.63, 3.8) is 0 Å².